The molecule has 1 unspecified atom stereocenters. The number of hydrogen-bond donors (Lipinski definition) is 2. The third-order valence-corrected chi connectivity index (χ3v) is 7.31. The van der Waals surface area contributed by atoms with E-state index in [0.717, 1.165) is 33.5 Å². The Morgan fingerprint density at radius 2 is 1.97 bits per heavy atom. The smallest absolute Gasteiger partial charge is 0.255 e. The highest BCUT2D eigenvalue weighted by Gasteiger charge is 2.35. The summed E-state index contributed by atoms with van der Waals surface area (Å²) in [5.41, 5.74) is 3.91. The molecule has 1 amide bonds. The minimum Gasteiger partial charge on any atom is -0.493 e. The van der Waals surface area contributed by atoms with Gasteiger partial charge in [-0.25, -0.2) is 4.68 Å². The van der Waals surface area contributed by atoms with E-state index in [-0.39, 0.29) is 5.91 Å². The van der Waals surface area contributed by atoms with Crippen LogP contribution in [0.25, 0.3) is 0 Å². The molecule has 8 nitrogen and oxygen atoms in total. The molecular weight excluding hydrogens is 542 g/mol. The van der Waals surface area contributed by atoms with E-state index in [1.165, 1.54) is 0 Å². The van der Waals surface area contributed by atoms with Crippen LogP contribution in [-0.4, -0.2) is 40.1 Å². The summed E-state index contributed by atoms with van der Waals surface area (Å²) in [6.45, 7) is 8.43. The molecule has 0 saturated carbocycles. The highest BCUT2D eigenvalue weighted by atomic mass is 79.9. The van der Waals surface area contributed by atoms with Crippen molar-refractivity contribution in [3.05, 3.63) is 63.3 Å². The van der Waals surface area contributed by atoms with Crippen LogP contribution in [0.3, 0.4) is 0 Å². The van der Waals surface area contributed by atoms with E-state index < -0.39 is 6.04 Å². The van der Waals surface area contributed by atoms with Gasteiger partial charge in [-0.05, 0) is 73.0 Å². The number of benzene rings is 2. The summed E-state index contributed by atoms with van der Waals surface area (Å²) < 4.78 is 13.9. The van der Waals surface area contributed by atoms with E-state index >= 15 is 0 Å². The number of methoxy groups -OCH3 is 1. The van der Waals surface area contributed by atoms with Crippen LogP contribution in [0.15, 0.2) is 57.3 Å². The minimum atomic E-state index is -0.531. The molecule has 10 heteroatoms. The Bertz CT molecular complexity index is 1290. The third-order valence-electron chi connectivity index (χ3n) is 5.68. The maximum absolute atomic E-state index is 13.7. The summed E-state index contributed by atoms with van der Waals surface area (Å²) in [5.74, 6) is 2.46. The van der Waals surface area contributed by atoms with Crippen molar-refractivity contribution < 1.29 is 14.3 Å². The topological polar surface area (TPSA) is 90.3 Å². The first-order valence-electron chi connectivity index (χ1n) is 11.8. The lowest BCUT2D eigenvalue weighted by molar-refractivity contribution is -0.113. The molecule has 2 N–H and O–H groups in total. The Labute approximate surface area is 224 Å². The second-order valence-electron chi connectivity index (χ2n) is 8.36. The number of ether oxygens (including phenoxy) is 2. The summed E-state index contributed by atoms with van der Waals surface area (Å²) in [7, 11) is 1.60. The molecule has 1 aliphatic heterocycles. The van der Waals surface area contributed by atoms with Gasteiger partial charge in [-0.1, -0.05) is 36.4 Å². The molecule has 2 aromatic carbocycles. The van der Waals surface area contributed by atoms with Crippen molar-refractivity contribution in [1.82, 2.24) is 14.8 Å². The number of aryl methyl sites for hydroxylation is 1. The number of allylic oxidation sites excluding steroid dienone is 1. The van der Waals surface area contributed by atoms with Gasteiger partial charge >= 0.3 is 0 Å². The molecule has 0 bridgehead atoms. The number of carbonyl (C=O) groups is 1. The summed E-state index contributed by atoms with van der Waals surface area (Å²) >= 11 is 5.22. The number of thioether (sulfide) groups is 1. The number of nitrogens with one attached hydrogen (secondary N) is 2. The van der Waals surface area contributed by atoms with Gasteiger partial charge in [-0.15, -0.1) is 5.10 Å². The monoisotopic (exact) mass is 571 g/mol. The predicted molar refractivity (Wildman–Crippen MR) is 147 cm³/mol. The van der Waals surface area contributed by atoms with Gasteiger partial charge in [0.1, 0.15) is 6.04 Å². The van der Waals surface area contributed by atoms with Crippen LogP contribution in [0.5, 0.6) is 11.5 Å². The lowest BCUT2D eigenvalue weighted by Gasteiger charge is -2.29. The van der Waals surface area contributed by atoms with E-state index in [9.17, 15) is 4.79 Å². The van der Waals surface area contributed by atoms with Gasteiger partial charge in [0.15, 0.2) is 11.5 Å². The number of aromatic nitrogens is 3. The fraction of sp³-hybridized carbons (Fsp3) is 0.346. The molecule has 36 heavy (non-hydrogen) atoms. The van der Waals surface area contributed by atoms with Crippen molar-refractivity contribution in [3.63, 3.8) is 0 Å². The van der Waals surface area contributed by atoms with Crippen LogP contribution in [0.4, 0.5) is 11.6 Å². The summed E-state index contributed by atoms with van der Waals surface area (Å²) in [6.07, 6.45) is 1.01. The van der Waals surface area contributed by atoms with E-state index in [1.807, 2.05) is 57.2 Å². The van der Waals surface area contributed by atoms with Crippen LogP contribution in [-0.2, 0) is 4.79 Å². The molecule has 0 fully saturated rings. The Kier molecular flexibility index (Phi) is 8.25. The first kappa shape index (κ1) is 26.1. The van der Waals surface area contributed by atoms with Crippen LogP contribution >= 0.6 is 27.7 Å². The zero-order valence-electron chi connectivity index (χ0n) is 21.0. The number of rotatable bonds is 9. The van der Waals surface area contributed by atoms with E-state index in [0.29, 0.717) is 40.5 Å². The molecule has 0 aliphatic carbocycles. The Morgan fingerprint density at radius 3 is 2.64 bits per heavy atom. The lowest BCUT2D eigenvalue weighted by Crippen LogP contribution is -2.31. The van der Waals surface area contributed by atoms with Crippen LogP contribution in [0, 0.1) is 6.92 Å². The number of amides is 1. The highest BCUT2D eigenvalue weighted by Crippen LogP contribution is 2.43. The van der Waals surface area contributed by atoms with E-state index in [2.05, 4.69) is 38.5 Å². The Hall–Kier alpha value is -2.98. The molecule has 3 aromatic rings. The molecule has 190 valence electrons. The fourth-order valence-corrected chi connectivity index (χ4v) is 5.26. The van der Waals surface area contributed by atoms with Crippen molar-refractivity contribution >= 4 is 45.2 Å². The summed E-state index contributed by atoms with van der Waals surface area (Å²) in [5, 5.41) is 11.8. The predicted octanol–water partition coefficient (Wildman–Crippen LogP) is 6.19. The zero-order chi connectivity index (χ0) is 25.8. The van der Waals surface area contributed by atoms with Crippen LogP contribution < -0.4 is 20.1 Å². The van der Waals surface area contributed by atoms with Gasteiger partial charge in [-0.3, -0.25) is 4.79 Å². The number of anilines is 2. The van der Waals surface area contributed by atoms with Gasteiger partial charge in [0, 0.05) is 17.1 Å². The second-order valence-corrected chi connectivity index (χ2v) is 10.3. The van der Waals surface area contributed by atoms with Crippen molar-refractivity contribution in [2.24, 2.45) is 0 Å². The maximum atomic E-state index is 13.7. The first-order chi connectivity index (χ1) is 17.4. The molecule has 0 spiro atoms. The summed E-state index contributed by atoms with van der Waals surface area (Å²) in [4.78, 5) is 18.4. The zero-order valence-corrected chi connectivity index (χ0v) is 23.4. The highest BCUT2D eigenvalue weighted by molar-refractivity contribution is 9.10. The average Bonchev–Trinajstić information content (AvgIpc) is 3.26. The molecular formula is C26H30BrN5O3S. The van der Waals surface area contributed by atoms with Crippen molar-refractivity contribution in [1.29, 1.82) is 0 Å². The van der Waals surface area contributed by atoms with Crippen molar-refractivity contribution in [2.45, 2.75) is 45.3 Å². The van der Waals surface area contributed by atoms with Gasteiger partial charge < -0.3 is 20.1 Å². The normalized spacial score (nSPS) is 14.8. The van der Waals surface area contributed by atoms with E-state index in [4.69, 9.17) is 14.6 Å². The summed E-state index contributed by atoms with van der Waals surface area (Å²) in [6, 6.07) is 11.0. The van der Waals surface area contributed by atoms with Gasteiger partial charge in [0.05, 0.1) is 23.8 Å². The standard InChI is InChI=1S/C26H30BrN5O3S/c1-6-12-36-26-30-25-28-16(4)21(24(33)29-18-10-8-15(3)9-11-18)22(32(25)31-26)17-13-19(27)23(35-7-2)20(14-17)34-5/h8-11,13-14,22H,6-7,12H2,1-5H3,(H,29,33)(H,28,30,31). The molecule has 4 rings (SSSR count). The molecule has 1 aromatic heterocycles. The van der Waals surface area contributed by atoms with Gasteiger partial charge in [0.2, 0.25) is 11.1 Å². The maximum Gasteiger partial charge on any atom is 0.255 e. The van der Waals surface area contributed by atoms with Crippen molar-refractivity contribution in [3.8, 4) is 11.5 Å². The number of fused-ring (bicyclic) bond motifs is 1. The number of nitrogens with zero attached hydrogens (tertiary/aromatic N) is 3. The fourth-order valence-electron chi connectivity index (χ4n) is 4.01. The molecule has 0 radical (unpaired) electrons. The lowest BCUT2D eigenvalue weighted by atomic mass is 9.94. The Morgan fingerprint density at radius 1 is 1.22 bits per heavy atom. The Balaban J connectivity index is 1.82. The van der Waals surface area contributed by atoms with Gasteiger partial charge in [0.25, 0.3) is 5.91 Å². The molecule has 2 heterocycles. The number of halogens is 1. The quantitative estimate of drug-likeness (QED) is 0.296. The first-order valence-corrected chi connectivity index (χ1v) is 13.6. The van der Waals surface area contributed by atoms with Crippen LogP contribution in [0.2, 0.25) is 0 Å². The second kappa shape index (κ2) is 11.4. The number of carbonyl (C=O) groups excluding carboxylic acids is 1. The van der Waals surface area contributed by atoms with Crippen LogP contribution in [0.1, 0.15) is 44.4 Å². The SMILES string of the molecule is CCCSc1nc2n(n1)C(c1cc(Br)c(OCC)c(OC)c1)C(C(=O)Nc1ccc(C)cc1)=C(C)N2. The molecule has 1 aliphatic rings. The molecule has 1 atom stereocenters. The van der Waals surface area contributed by atoms with E-state index in [1.54, 1.807) is 23.6 Å². The largest absolute Gasteiger partial charge is 0.493 e. The van der Waals surface area contributed by atoms with Crippen molar-refractivity contribution in [2.75, 3.05) is 30.1 Å². The third kappa shape index (κ3) is 5.39. The molecule has 0 saturated heterocycles. The average molecular weight is 573 g/mol. The van der Waals surface area contributed by atoms with Gasteiger partial charge in [-0.2, -0.15) is 4.98 Å². The number of hydrogen-bond acceptors (Lipinski definition) is 7. The minimum absolute atomic E-state index is 0.221.